The third-order valence-electron chi connectivity index (χ3n) is 4.78. The van der Waals surface area contributed by atoms with Crippen LogP contribution in [0.15, 0.2) is 36.5 Å². The van der Waals surface area contributed by atoms with Gasteiger partial charge in [0.25, 0.3) is 5.91 Å². The quantitative estimate of drug-likeness (QED) is 0.720. The van der Waals surface area contributed by atoms with Crippen LogP contribution < -0.4 is 5.32 Å². The van der Waals surface area contributed by atoms with E-state index in [-0.39, 0.29) is 18.7 Å². The summed E-state index contributed by atoms with van der Waals surface area (Å²) in [5.74, 6) is -0.598. The topological polar surface area (TPSA) is 42.0 Å². The molecule has 1 aliphatic carbocycles. The number of hydrogen-bond donors (Lipinski definition) is 1. The standard InChI is InChI=1S/C20H21F3N2OS/c1-27-10-9-24-19(26)15-11-14-3-2-4-17(18(14)25-12-15)13-5-7-16(8-6-13)20(21,22)23/h2-5,11-12,16H,6-10H2,1H3,(H,24,26). The minimum Gasteiger partial charge on any atom is -0.351 e. The van der Waals surface area contributed by atoms with Gasteiger partial charge in [0.1, 0.15) is 0 Å². The molecule has 1 amide bonds. The first-order valence-electron chi connectivity index (χ1n) is 8.82. The summed E-state index contributed by atoms with van der Waals surface area (Å²) < 4.78 is 38.6. The highest BCUT2D eigenvalue weighted by Crippen LogP contribution is 2.40. The second-order valence-corrected chi connectivity index (χ2v) is 7.58. The van der Waals surface area contributed by atoms with Crippen LogP contribution in [0, 0.1) is 5.92 Å². The first-order valence-corrected chi connectivity index (χ1v) is 10.2. The number of pyridine rings is 1. The number of carbonyl (C=O) groups excluding carboxylic acids is 1. The number of rotatable bonds is 5. The van der Waals surface area contributed by atoms with Crippen LogP contribution in [0.5, 0.6) is 0 Å². The molecule has 0 radical (unpaired) electrons. The van der Waals surface area contributed by atoms with Gasteiger partial charge in [0.05, 0.1) is 17.0 Å². The zero-order valence-corrected chi connectivity index (χ0v) is 15.8. The number of halogens is 3. The molecule has 1 atom stereocenters. The SMILES string of the molecule is CSCCNC(=O)c1cnc2c(C3=CCC(C(F)(F)F)CC3)cccc2c1. The molecule has 1 N–H and O–H groups in total. The van der Waals surface area contributed by atoms with Crippen molar-refractivity contribution in [3.8, 4) is 0 Å². The Morgan fingerprint density at radius 2 is 2.19 bits per heavy atom. The molecule has 1 aromatic heterocycles. The first-order chi connectivity index (χ1) is 12.9. The van der Waals surface area contributed by atoms with Crippen molar-refractivity contribution in [2.45, 2.75) is 25.4 Å². The third kappa shape index (κ3) is 4.64. The van der Waals surface area contributed by atoms with E-state index in [0.29, 0.717) is 18.5 Å². The molecule has 0 aliphatic heterocycles. The van der Waals surface area contributed by atoms with E-state index in [1.807, 2.05) is 24.5 Å². The van der Waals surface area contributed by atoms with E-state index in [4.69, 9.17) is 0 Å². The Kier molecular flexibility index (Phi) is 6.09. The lowest BCUT2D eigenvalue weighted by Gasteiger charge is -2.24. The Balaban J connectivity index is 1.84. The summed E-state index contributed by atoms with van der Waals surface area (Å²) in [6.45, 7) is 0.589. The van der Waals surface area contributed by atoms with Crippen LogP contribution in [-0.2, 0) is 0 Å². The molecule has 0 saturated heterocycles. The van der Waals surface area contributed by atoms with Gasteiger partial charge >= 0.3 is 6.18 Å². The fraction of sp³-hybridized carbons (Fsp3) is 0.400. The molecule has 7 heteroatoms. The van der Waals surface area contributed by atoms with Crippen LogP contribution >= 0.6 is 11.8 Å². The van der Waals surface area contributed by atoms with Crippen molar-refractivity contribution in [1.29, 1.82) is 0 Å². The first kappa shape index (κ1) is 19.7. The van der Waals surface area contributed by atoms with Crippen molar-refractivity contribution in [2.24, 2.45) is 5.92 Å². The fourth-order valence-corrected chi connectivity index (χ4v) is 3.60. The third-order valence-corrected chi connectivity index (χ3v) is 5.40. The van der Waals surface area contributed by atoms with Crippen LogP contribution in [0.25, 0.3) is 16.5 Å². The molecule has 1 heterocycles. The Bertz CT molecular complexity index is 864. The molecule has 144 valence electrons. The Morgan fingerprint density at radius 1 is 1.37 bits per heavy atom. The van der Waals surface area contributed by atoms with Crippen molar-refractivity contribution in [2.75, 3.05) is 18.6 Å². The maximum atomic E-state index is 12.9. The second kappa shape index (κ2) is 8.33. The van der Waals surface area contributed by atoms with Gasteiger partial charge in [-0.15, -0.1) is 0 Å². The molecule has 3 nitrogen and oxygen atoms in total. The van der Waals surface area contributed by atoms with E-state index in [9.17, 15) is 18.0 Å². The molecule has 0 bridgehead atoms. The number of hydrogen-bond acceptors (Lipinski definition) is 3. The average Bonchev–Trinajstić information content (AvgIpc) is 2.66. The van der Waals surface area contributed by atoms with Crippen LogP contribution in [0.3, 0.4) is 0 Å². The predicted octanol–water partition coefficient (Wildman–Crippen LogP) is 5.07. The number of alkyl halides is 3. The van der Waals surface area contributed by atoms with E-state index >= 15 is 0 Å². The number of nitrogens with one attached hydrogen (secondary N) is 1. The maximum Gasteiger partial charge on any atom is 0.392 e. The summed E-state index contributed by atoms with van der Waals surface area (Å²) in [4.78, 5) is 16.6. The van der Waals surface area contributed by atoms with Gasteiger partial charge in [0, 0.05) is 29.4 Å². The largest absolute Gasteiger partial charge is 0.392 e. The molecule has 1 unspecified atom stereocenters. The van der Waals surface area contributed by atoms with Crippen LogP contribution in [0.2, 0.25) is 0 Å². The van der Waals surface area contributed by atoms with Gasteiger partial charge in [-0.2, -0.15) is 24.9 Å². The predicted molar refractivity (Wildman–Crippen MR) is 104 cm³/mol. The van der Waals surface area contributed by atoms with E-state index in [1.54, 1.807) is 23.9 Å². The summed E-state index contributed by atoms with van der Waals surface area (Å²) in [6, 6.07) is 7.38. The molecule has 0 spiro atoms. The number of amides is 1. The molecule has 0 fully saturated rings. The lowest BCUT2D eigenvalue weighted by molar-refractivity contribution is -0.175. The average molecular weight is 394 g/mol. The Hall–Kier alpha value is -2.02. The van der Waals surface area contributed by atoms with E-state index in [2.05, 4.69) is 10.3 Å². The number of benzene rings is 1. The highest BCUT2D eigenvalue weighted by Gasteiger charge is 2.39. The van der Waals surface area contributed by atoms with Crippen molar-refractivity contribution in [3.05, 3.63) is 47.7 Å². The summed E-state index contributed by atoms with van der Waals surface area (Å²) in [6.07, 6.45) is 1.53. The number of para-hydroxylation sites is 1. The number of carbonyl (C=O) groups is 1. The lowest BCUT2D eigenvalue weighted by atomic mass is 9.85. The zero-order chi connectivity index (χ0) is 19.4. The highest BCUT2D eigenvalue weighted by molar-refractivity contribution is 7.98. The maximum absolute atomic E-state index is 12.9. The second-order valence-electron chi connectivity index (χ2n) is 6.59. The number of fused-ring (bicyclic) bond motifs is 1. The van der Waals surface area contributed by atoms with Gasteiger partial charge in [-0.25, -0.2) is 0 Å². The van der Waals surface area contributed by atoms with Crippen molar-refractivity contribution in [1.82, 2.24) is 10.3 Å². The van der Waals surface area contributed by atoms with Crippen LogP contribution in [0.1, 0.15) is 35.2 Å². The van der Waals surface area contributed by atoms with E-state index in [1.165, 1.54) is 6.20 Å². The number of thioether (sulfide) groups is 1. The van der Waals surface area contributed by atoms with Gasteiger partial charge in [-0.1, -0.05) is 24.3 Å². The molecule has 27 heavy (non-hydrogen) atoms. The smallest absolute Gasteiger partial charge is 0.351 e. The Labute approximate surface area is 160 Å². The molecular formula is C20H21F3N2OS. The number of aromatic nitrogens is 1. The molecule has 1 aliphatic rings. The van der Waals surface area contributed by atoms with Gasteiger partial charge < -0.3 is 5.32 Å². The fourth-order valence-electron chi connectivity index (χ4n) is 3.29. The highest BCUT2D eigenvalue weighted by atomic mass is 32.2. The molecular weight excluding hydrogens is 373 g/mol. The normalized spacial score (nSPS) is 17.6. The summed E-state index contributed by atoms with van der Waals surface area (Å²) >= 11 is 1.65. The number of nitrogens with zero attached hydrogens (tertiary/aromatic N) is 1. The minimum atomic E-state index is -4.14. The van der Waals surface area contributed by atoms with E-state index in [0.717, 1.165) is 27.8 Å². The summed E-state index contributed by atoms with van der Waals surface area (Å²) in [7, 11) is 0. The lowest BCUT2D eigenvalue weighted by Crippen LogP contribution is -2.25. The Morgan fingerprint density at radius 3 is 2.85 bits per heavy atom. The van der Waals surface area contributed by atoms with Gasteiger partial charge in [0.15, 0.2) is 0 Å². The summed E-state index contributed by atoms with van der Waals surface area (Å²) in [5, 5.41) is 3.65. The number of allylic oxidation sites excluding steroid dienone is 2. The zero-order valence-electron chi connectivity index (χ0n) is 15.0. The summed E-state index contributed by atoms with van der Waals surface area (Å²) in [5.41, 5.74) is 2.94. The molecule has 2 aromatic rings. The monoisotopic (exact) mass is 394 g/mol. The van der Waals surface area contributed by atoms with Crippen LogP contribution in [0.4, 0.5) is 13.2 Å². The van der Waals surface area contributed by atoms with Crippen LogP contribution in [-0.4, -0.2) is 35.6 Å². The molecule has 0 saturated carbocycles. The van der Waals surface area contributed by atoms with Crippen molar-refractivity contribution < 1.29 is 18.0 Å². The van der Waals surface area contributed by atoms with E-state index < -0.39 is 12.1 Å². The molecule has 3 rings (SSSR count). The minimum absolute atomic E-state index is 0.00511. The van der Waals surface area contributed by atoms with Gasteiger partial charge in [0.2, 0.25) is 0 Å². The van der Waals surface area contributed by atoms with Crippen molar-refractivity contribution in [3.63, 3.8) is 0 Å². The van der Waals surface area contributed by atoms with Crippen molar-refractivity contribution >= 4 is 34.1 Å². The van der Waals surface area contributed by atoms with Gasteiger partial charge in [-0.05, 0) is 37.2 Å². The molecule has 1 aromatic carbocycles. The van der Waals surface area contributed by atoms with Gasteiger partial charge in [-0.3, -0.25) is 9.78 Å².